The second kappa shape index (κ2) is 6.83. The third-order valence-corrected chi connectivity index (χ3v) is 5.29. The molecule has 27 heavy (non-hydrogen) atoms. The van der Waals surface area contributed by atoms with Crippen LogP contribution in [0.25, 0.3) is 0 Å². The predicted octanol–water partition coefficient (Wildman–Crippen LogP) is 3.64. The van der Waals surface area contributed by atoms with Crippen molar-refractivity contribution in [3.8, 4) is 0 Å². The van der Waals surface area contributed by atoms with Gasteiger partial charge in [-0.05, 0) is 48.7 Å². The van der Waals surface area contributed by atoms with Gasteiger partial charge in [0.15, 0.2) is 0 Å². The lowest BCUT2D eigenvalue weighted by atomic mass is 9.78. The van der Waals surface area contributed by atoms with Crippen molar-refractivity contribution >= 4 is 29.1 Å². The molecule has 2 aromatic rings. The van der Waals surface area contributed by atoms with E-state index in [9.17, 15) is 14.4 Å². The van der Waals surface area contributed by atoms with E-state index >= 15 is 0 Å². The van der Waals surface area contributed by atoms with Gasteiger partial charge in [0.2, 0.25) is 11.8 Å². The van der Waals surface area contributed by atoms with Gasteiger partial charge in [0, 0.05) is 11.3 Å². The zero-order valence-electron chi connectivity index (χ0n) is 15.0. The molecular weight excluding hydrogens is 340 g/mol. The number of nitrogens with one attached hydrogen (secondary N) is 1. The summed E-state index contributed by atoms with van der Waals surface area (Å²) in [4.78, 5) is 39.2. The normalized spacial score (nSPS) is 24.0. The smallest absolute Gasteiger partial charge is 0.255 e. The Morgan fingerprint density at radius 2 is 1.70 bits per heavy atom. The van der Waals surface area contributed by atoms with E-state index in [4.69, 9.17) is 0 Å². The third-order valence-electron chi connectivity index (χ3n) is 5.29. The van der Waals surface area contributed by atoms with E-state index in [0.29, 0.717) is 23.4 Å². The average Bonchev–Trinajstić information content (AvgIpc) is 2.94. The molecule has 1 aliphatic carbocycles. The van der Waals surface area contributed by atoms with Crippen LogP contribution in [0.4, 0.5) is 11.4 Å². The van der Waals surface area contributed by atoms with Gasteiger partial charge in [0.1, 0.15) is 0 Å². The molecule has 0 aromatic heterocycles. The molecule has 3 amide bonds. The summed E-state index contributed by atoms with van der Waals surface area (Å²) in [7, 11) is 0. The Balaban J connectivity index is 1.53. The lowest BCUT2D eigenvalue weighted by molar-refractivity contribution is -0.122. The maximum absolute atomic E-state index is 12.8. The fraction of sp³-hybridized carbons (Fsp3) is 0.227. The minimum Gasteiger partial charge on any atom is -0.322 e. The van der Waals surface area contributed by atoms with Crippen LogP contribution in [-0.2, 0) is 9.59 Å². The molecule has 1 saturated heterocycles. The van der Waals surface area contributed by atoms with Crippen molar-refractivity contribution in [2.75, 3.05) is 10.2 Å². The number of amides is 3. The number of imide groups is 1. The van der Waals surface area contributed by atoms with Crippen molar-refractivity contribution in [3.63, 3.8) is 0 Å². The van der Waals surface area contributed by atoms with Crippen LogP contribution in [0.2, 0.25) is 0 Å². The number of hydrogen-bond acceptors (Lipinski definition) is 3. The van der Waals surface area contributed by atoms with Gasteiger partial charge in [0.05, 0.1) is 17.5 Å². The highest BCUT2D eigenvalue weighted by Crippen LogP contribution is 2.40. The number of nitrogens with zero attached hydrogens (tertiary/aromatic N) is 1. The summed E-state index contributed by atoms with van der Waals surface area (Å²) < 4.78 is 0. The monoisotopic (exact) mass is 360 g/mol. The topological polar surface area (TPSA) is 66.5 Å². The van der Waals surface area contributed by atoms with Gasteiger partial charge in [-0.15, -0.1) is 0 Å². The van der Waals surface area contributed by atoms with Crippen LogP contribution in [0.15, 0.2) is 66.7 Å². The van der Waals surface area contributed by atoms with Crippen LogP contribution in [-0.4, -0.2) is 17.7 Å². The average molecular weight is 360 g/mol. The summed E-state index contributed by atoms with van der Waals surface area (Å²) in [5, 5.41) is 2.82. The first-order valence-electron chi connectivity index (χ1n) is 9.07. The van der Waals surface area contributed by atoms with Gasteiger partial charge in [-0.25, -0.2) is 0 Å². The van der Waals surface area contributed by atoms with Gasteiger partial charge >= 0.3 is 0 Å². The number of allylic oxidation sites excluding steroid dienone is 2. The Morgan fingerprint density at radius 3 is 2.37 bits per heavy atom. The fourth-order valence-corrected chi connectivity index (χ4v) is 3.89. The van der Waals surface area contributed by atoms with Gasteiger partial charge < -0.3 is 5.32 Å². The van der Waals surface area contributed by atoms with Crippen LogP contribution in [0.3, 0.4) is 0 Å². The third kappa shape index (κ3) is 3.05. The van der Waals surface area contributed by atoms with E-state index in [0.717, 1.165) is 0 Å². The lowest BCUT2D eigenvalue weighted by Crippen LogP contribution is -2.31. The van der Waals surface area contributed by atoms with Crippen LogP contribution in [0, 0.1) is 17.8 Å². The second-order valence-electron chi connectivity index (χ2n) is 7.03. The maximum atomic E-state index is 12.8. The first-order valence-corrected chi connectivity index (χ1v) is 9.07. The van der Waals surface area contributed by atoms with Crippen molar-refractivity contribution in [3.05, 3.63) is 72.3 Å². The maximum Gasteiger partial charge on any atom is 0.255 e. The molecule has 136 valence electrons. The molecule has 2 aliphatic rings. The molecule has 0 bridgehead atoms. The van der Waals surface area contributed by atoms with Crippen molar-refractivity contribution in [2.24, 2.45) is 17.8 Å². The Hall–Kier alpha value is -3.21. The standard InChI is InChI=1S/C22H20N2O3/c1-14-6-5-9-18-19(14)22(27)24(21(18)26)17-12-10-15(11-13-17)20(25)23-16-7-3-2-4-8-16/h2-8,10-14,18-19H,9H2,1H3,(H,23,25)/t14-,18-,19+/m0/s1. The van der Waals surface area contributed by atoms with Crippen LogP contribution in [0.1, 0.15) is 23.7 Å². The molecule has 5 nitrogen and oxygen atoms in total. The van der Waals surface area contributed by atoms with Crippen molar-refractivity contribution in [1.82, 2.24) is 0 Å². The summed E-state index contributed by atoms with van der Waals surface area (Å²) >= 11 is 0. The van der Waals surface area contributed by atoms with E-state index < -0.39 is 0 Å². The summed E-state index contributed by atoms with van der Waals surface area (Å²) in [5.41, 5.74) is 1.69. The molecule has 1 heterocycles. The molecule has 1 N–H and O–H groups in total. The summed E-state index contributed by atoms with van der Waals surface area (Å²) in [6.45, 7) is 1.97. The molecule has 0 radical (unpaired) electrons. The van der Waals surface area contributed by atoms with Crippen LogP contribution in [0.5, 0.6) is 0 Å². The number of fused-ring (bicyclic) bond motifs is 1. The van der Waals surface area contributed by atoms with Gasteiger partial charge in [-0.3, -0.25) is 19.3 Å². The first-order chi connectivity index (χ1) is 13.1. The van der Waals surface area contributed by atoms with Crippen molar-refractivity contribution in [1.29, 1.82) is 0 Å². The summed E-state index contributed by atoms with van der Waals surface area (Å²) in [5.74, 6) is -1.05. The molecule has 1 fully saturated rings. The minimum absolute atomic E-state index is 0.0566. The number of rotatable bonds is 3. The van der Waals surface area contributed by atoms with Gasteiger partial charge in [-0.2, -0.15) is 0 Å². The Bertz CT molecular complexity index is 918. The highest BCUT2D eigenvalue weighted by atomic mass is 16.2. The zero-order chi connectivity index (χ0) is 19.0. The van der Waals surface area contributed by atoms with E-state index in [1.807, 2.05) is 49.4 Å². The quantitative estimate of drug-likeness (QED) is 0.671. The molecule has 0 saturated carbocycles. The van der Waals surface area contributed by atoms with E-state index in [-0.39, 0.29) is 35.5 Å². The van der Waals surface area contributed by atoms with E-state index in [1.54, 1.807) is 24.3 Å². The molecule has 4 rings (SSSR count). The summed E-state index contributed by atoms with van der Waals surface area (Å²) in [6, 6.07) is 15.8. The second-order valence-corrected chi connectivity index (χ2v) is 7.03. The Labute approximate surface area is 157 Å². The number of para-hydroxylation sites is 1. The highest BCUT2D eigenvalue weighted by Gasteiger charge is 2.50. The SMILES string of the molecule is C[C@H]1C=CC[C@@H]2C(=O)N(c3ccc(C(=O)Nc4ccccc4)cc3)C(=O)[C@@H]21. The van der Waals surface area contributed by atoms with E-state index in [1.165, 1.54) is 4.90 Å². The predicted molar refractivity (Wildman–Crippen MR) is 103 cm³/mol. The Kier molecular flexibility index (Phi) is 4.36. The summed E-state index contributed by atoms with van der Waals surface area (Å²) in [6.07, 6.45) is 4.60. The largest absolute Gasteiger partial charge is 0.322 e. The number of carbonyl (C=O) groups is 3. The van der Waals surface area contributed by atoms with Crippen molar-refractivity contribution in [2.45, 2.75) is 13.3 Å². The molecular formula is C22H20N2O3. The number of hydrogen-bond donors (Lipinski definition) is 1. The fourth-order valence-electron chi connectivity index (χ4n) is 3.89. The number of benzene rings is 2. The van der Waals surface area contributed by atoms with Crippen LogP contribution < -0.4 is 10.2 Å². The van der Waals surface area contributed by atoms with Crippen LogP contribution >= 0.6 is 0 Å². The number of carbonyl (C=O) groups excluding carboxylic acids is 3. The molecule has 0 unspecified atom stereocenters. The van der Waals surface area contributed by atoms with Gasteiger partial charge in [-0.1, -0.05) is 37.3 Å². The van der Waals surface area contributed by atoms with E-state index in [2.05, 4.69) is 5.32 Å². The lowest BCUT2D eigenvalue weighted by Gasteiger charge is -2.22. The molecule has 0 spiro atoms. The molecule has 2 aromatic carbocycles. The molecule has 5 heteroatoms. The first kappa shape index (κ1) is 17.2. The zero-order valence-corrected chi connectivity index (χ0v) is 15.0. The number of anilines is 2. The molecule has 3 atom stereocenters. The minimum atomic E-state index is -0.288. The Morgan fingerprint density at radius 1 is 1.00 bits per heavy atom. The van der Waals surface area contributed by atoms with Gasteiger partial charge in [0.25, 0.3) is 5.91 Å². The highest BCUT2D eigenvalue weighted by molar-refractivity contribution is 6.22. The molecule has 1 aliphatic heterocycles. The van der Waals surface area contributed by atoms with Crippen molar-refractivity contribution < 1.29 is 14.4 Å².